The van der Waals surface area contributed by atoms with E-state index >= 15 is 0 Å². The second kappa shape index (κ2) is 3.01. The zero-order valence-corrected chi connectivity index (χ0v) is 5.91. The largest absolute Gasteiger partial charge is 0.323 e. The van der Waals surface area contributed by atoms with Crippen LogP contribution < -0.4 is 5.84 Å². The van der Waals surface area contributed by atoms with Crippen LogP contribution in [-0.2, 0) is 0 Å². The Morgan fingerprint density at radius 3 is 2.40 bits per heavy atom. The van der Waals surface area contributed by atoms with Gasteiger partial charge in [-0.05, 0) is 12.5 Å². The number of nitrogens with two attached hydrogens (primary N) is 1. The Kier molecular flexibility index (Phi) is 2.05. The fraction of sp³-hybridized carbons (Fsp3) is 0.125. The molecule has 10 heavy (non-hydrogen) atoms. The van der Waals surface area contributed by atoms with E-state index in [1.807, 2.05) is 31.2 Å². The van der Waals surface area contributed by atoms with Crippen molar-refractivity contribution in [2.45, 2.75) is 6.92 Å². The van der Waals surface area contributed by atoms with Gasteiger partial charge in [0, 0.05) is 0 Å². The van der Waals surface area contributed by atoms with Crippen LogP contribution in [0.25, 0.3) is 0 Å². The van der Waals surface area contributed by atoms with Gasteiger partial charge in [0.05, 0.1) is 6.21 Å². The predicted molar refractivity (Wildman–Crippen MR) is 43.0 cm³/mol. The van der Waals surface area contributed by atoms with E-state index in [1.165, 1.54) is 5.56 Å². The van der Waals surface area contributed by atoms with Crippen molar-refractivity contribution in [3.05, 3.63) is 35.4 Å². The maximum atomic E-state index is 4.97. The summed E-state index contributed by atoms with van der Waals surface area (Å²) in [5, 5.41) is 3.41. The first-order chi connectivity index (χ1) is 4.83. The fourth-order valence-corrected chi connectivity index (χ4v) is 0.739. The first kappa shape index (κ1) is 6.81. The first-order valence-corrected chi connectivity index (χ1v) is 3.13. The zero-order valence-electron chi connectivity index (χ0n) is 5.91. The van der Waals surface area contributed by atoms with Crippen LogP contribution in [0.2, 0.25) is 0 Å². The van der Waals surface area contributed by atoms with Crippen molar-refractivity contribution in [1.29, 1.82) is 0 Å². The zero-order chi connectivity index (χ0) is 7.40. The fourth-order valence-electron chi connectivity index (χ4n) is 0.739. The molecule has 2 nitrogen and oxygen atoms in total. The van der Waals surface area contributed by atoms with Gasteiger partial charge >= 0.3 is 0 Å². The van der Waals surface area contributed by atoms with E-state index < -0.39 is 0 Å². The molecule has 0 aromatic heterocycles. The minimum Gasteiger partial charge on any atom is -0.323 e. The number of hydrazone groups is 1. The third-order valence-corrected chi connectivity index (χ3v) is 1.30. The molecule has 0 amide bonds. The minimum atomic E-state index is 1.04. The van der Waals surface area contributed by atoms with Crippen molar-refractivity contribution >= 4 is 6.21 Å². The molecule has 1 aromatic carbocycles. The molecule has 2 heteroatoms. The van der Waals surface area contributed by atoms with Gasteiger partial charge in [0.25, 0.3) is 0 Å². The van der Waals surface area contributed by atoms with Crippen molar-refractivity contribution in [3.63, 3.8) is 0 Å². The number of rotatable bonds is 1. The number of benzene rings is 1. The highest BCUT2D eigenvalue weighted by molar-refractivity contribution is 5.79. The summed E-state index contributed by atoms with van der Waals surface area (Å²) >= 11 is 0. The Hall–Kier alpha value is -1.31. The molecular formula is C8H10N2. The molecule has 52 valence electrons. The molecule has 0 spiro atoms. The van der Waals surface area contributed by atoms with Gasteiger partial charge in [-0.3, -0.25) is 0 Å². The molecule has 0 unspecified atom stereocenters. The monoisotopic (exact) mass is 134 g/mol. The second-order valence-corrected chi connectivity index (χ2v) is 2.19. The van der Waals surface area contributed by atoms with Crippen molar-refractivity contribution in [1.82, 2.24) is 0 Å². The van der Waals surface area contributed by atoms with Gasteiger partial charge < -0.3 is 5.84 Å². The van der Waals surface area contributed by atoms with Crippen LogP contribution in [0.1, 0.15) is 11.1 Å². The van der Waals surface area contributed by atoms with E-state index in [9.17, 15) is 0 Å². The van der Waals surface area contributed by atoms with Crippen molar-refractivity contribution < 1.29 is 0 Å². The number of hydrogen-bond donors (Lipinski definition) is 1. The van der Waals surface area contributed by atoms with Gasteiger partial charge in [-0.25, -0.2) is 0 Å². The van der Waals surface area contributed by atoms with Crippen LogP contribution in [0.3, 0.4) is 0 Å². The van der Waals surface area contributed by atoms with Crippen LogP contribution in [0.15, 0.2) is 29.4 Å². The Balaban J connectivity index is 2.89. The highest BCUT2D eigenvalue weighted by Gasteiger charge is 1.84. The standard InChI is InChI=1S/C8H10N2/c1-7-2-4-8(5-3-7)6-10-9/h2-6H,9H2,1H3/b10-6-. The molecule has 0 aliphatic heterocycles. The molecule has 0 radical (unpaired) electrons. The first-order valence-electron chi connectivity index (χ1n) is 3.13. The lowest BCUT2D eigenvalue weighted by Gasteiger charge is -1.91. The quantitative estimate of drug-likeness (QED) is 0.351. The molecular weight excluding hydrogens is 124 g/mol. The molecule has 0 heterocycles. The van der Waals surface area contributed by atoms with Crippen molar-refractivity contribution in [2.75, 3.05) is 0 Å². The van der Waals surface area contributed by atoms with Gasteiger partial charge in [-0.2, -0.15) is 5.10 Å². The molecule has 1 rings (SSSR count). The lowest BCUT2D eigenvalue weighted by atomic mass is 10.2. The molecule has 0 aliphatic rings. The average molecular weight is 134 g/mol. The third kappa shape index (κ3) is 1.58. The van der Waals surface area contributed by atoms with Crippen LogP contribution in [0, 0.1) is 6.92 Å². The molecule has 0 aliphatic carbocycles. The van der Waals surface area contributed by atoms with Crippen LogP contribution in [0.5, 0.6) is 0 Å². The Labute approximate surface area is 60.4 Å². The van der Waals surface area contributed by atoms with E-state index in [4.69, 9.17) is 5.84 Å². The molecule has 0 atom stereocenters. The Morgan fingerprint density at radius 1 is 1.30 bits per heavy atom. The van der Waals surface area contributed by atoms with Crippen molar-refractivity contribution in [2.24, 2.45) is 10.9 Å². The summed E-state index contributed by atoms with van der Waals surface area (Å²) in [6.07, 6.45) is 1.62. The molecule has 0 bridgehead atoms. The highest BCUT2D eigenvalue weighted by atomic mass is 15.1. The summed E-state index contributed by atoms with van der Waals surface area (Å²) in [5.74, 6) is 4.97. The van der Waals surface area contributed by atoms with Gasteiger partial charge in [-0.15, -0.1) is 0 Å². The van der Waals surface area contributed by atoms with Gasteiger partial charge in [-0.1, -0.05) is 29.8 Å². The van der Waals surface area contributed by atoms with Crippen LogP contribution in [0.4, 0.5) is 0 Å². The number of nitrogens with zero attached hydrogens (tertiary/aromatic N) is 1. The maximum absolute atomic E-state index is 4.97. The van der Waals surface area contributed by atoms with Gasteiger partial charge in [0.15, 0.2) is 0 Å². The Morgan fingerprint density at radius 2 is 1.90 bits per heavy atom. The molecule has 0 saturated heterocycles. The normalized spacial score (nSPS) is 10.5. The van der Waals surface area contributed by atoms with E-state index in [1.54, 1.807) is 6.21 Å². The second-order valence-electron chi connectivity index (χ2n) is 2.19. The molecule has 0 fully saturated rings. The van der Waals surface area contributed by atoms with Gasteiger partial charge in [0.1, 0.15) is 0 Å². The maximum Gasteiger partial charge on any atom is 0.0538 e. The Bertz CT molecular complexity index is 224. The number of hydrogen-bond acceptors (Lipinski definition) is 2. The van der Waals surface area contributed by atoms with Crippen molar-refractivity contribution in [3.8, 4) is 0 Å². The average Bonchev–Trinajstić information content (AvgIpc) is 1.95. The predicted octanol–water partition coefficient (Wildman–Crippen LogP) is 1.29. The number of aryl methyl sites for hydroxylation is 1. The third-order valence-electron chi connectivity index (χ3n) is 1.30. The molecule has 1 aromatic rings. The highest BCUT2D eigenvalue weighted by Crippen LogP contribution is 1.99. The summed E-state index contributed by atoms with van der Waals surface area (Å²) in [4.78, 5) is 0. The SMILES string of the molecule is Cc1ccc(/C=N\N)cc1. The summed E-state index contributed by atoms with van der Waals surface area (Å²) in [6.45, 7) is 2.05. The summed E-state index contributed by atoms with van der Waals surface area (Å²) < 4.78 is 0. The minimum absolute atomic E-state index is 1.04. The molecule has 0 saturated carbocycles. The van der Waals surface area contributed by atoms with E-state index in [0.717, 1.165) is 5.56 Å². The van der Waals surface area contributed by atoms with Crippen LogP contribution >= 0.6 is 0 Å². The smallest absolute Gasteiger partial charge is 0.0538 e. The summed E-state index contributed by atoms with van der Waals surface area (Å²) in [7, 11) is 0. The van der Waals surface area contributed by atoms with E-state index in [-0.39, 0.29) is 0 Å². The lowest BCUT2D eigenvalue weighted by molar-refractivity contribution is 1.26. The van der Waals surface area contributed by atoms with E-state index in [2.05, 4.69) is 5.10 Å². The van der Waals surface area contributed by atoms with Crippen LogP contribution in [-0.4, -0.2) is 6.21 Å². The topological polar surface area (TPSA) is 38.4 Å². The summed E-state index contributed by atoms with van der Waals surface area (Å²) in [5.41, 5.74) is 2.28. The lowest BCUT2D eigenvalue weighted by Crippen LogP contribution is -1.85. The van der Waals surface area contributed by atoms with E-state index in [0.29, 0.717) is 0 Å². The van der Waals surface area contributed by atoms with Gasteiger partial charge in [0.2, 0.25) is 0 Å². The summed E-state index contributed by atoms with van der Waals surface area (Å²) in [6, 6.07) is 8.01. The molecule has 2 N–H and O–H groups in total.